The minimum absolute atomic E-state index is 0.237. The molecule has 4 heteroatoms. The second-order valence-corrected chi connectivity index (χ2v) is 5.04. The molecule has 0 radical (unpaired) electrons. The lowest BCUT2D eigenvalue weighted by molar-refractivity contribution is 0.579. The number of rotatable bonds is 3. The van der Waals surface area contributed by atoms with Crippen molar-refractivity contribution in [3.8, 4) is 11.3 Å². The Labute approximate surface area is 113 Å². The normalized spacial score (nSPS) is 11.3. The van der Waals surface area contributed by atoms with Crippen LogP contribution in [-0.4, -0.2) is 9.55 Å². The van der Waals surface area contributed by atoms with Crippen LogP contribution in [0.5, 0.6) is 0 Å². The Hall–Kier alpha value is -1.84. The third-order valence-electron chi connectivity index (χ3n) is 3.30. The summed E-state index contributed by atoms with van der Waals surface area (Å²) in [5, 5.41) is 0. The molecule has 2 aromatic rings. The predicted octanol–water partition coefficient (Wildman–Crippen LogP) is 3.72. The smallest absolute Gasteiger partial charge is 0.131 e. The van der Waals surface area contributed by atoms with Gasteiger partial charge in [-0.1, -0.05) is 6.92 Å². The van der Waals surface area contributed by atoms with Crippen LogP contribution in [0.4, 0.5) is 10.2 Å². The first-order valence-corrected chi connectivity index (χ1v) is 6.58. The van der Waals surface area contributed by atoms with Gasteiger partial charge in [0, 0.05) is 18.0 Å². The topological polar surface area (TPSA) is 43.8 Å². The van der Waals surface area contributed by atoms with Gasteiger partial charge >= 0.3 is 0 Å². The molecule has 19 heavy (non-hydrogen) atoms. The van der Waals surface area contributed by atoms with Gasteiger partial charge in [0.05, 0.1) is 0 Å². The highest BCUT2D eigenvalue weighted by atomic mass is 19.1. The molecule has 2 N–H and O–H groups in total. The first-order chi connectivity index (χ1) is 8.95. The molecule has 2 rings (SSSR count). The highest BCUT2D eigenvalue weighted by Crippen LogP contribution is 2.31. The molecule has 0 aliphatic carbocycles. The fourth-order valence-electron chi connectivity index (χ4n) is 2.41. The first kappa shape index (κ1) is 13.6. The van der Waals surface area contributed by atoms with E-state index in [9.17, 15) is 4.39 Å². The van der Waals surface area contributed by atoms with E-state index in [1.807, 2.05) is 11.5 Å². The predicted molar refractivity (Wildman–Crippen MR) is 76.5 cm³/mol. The third kappa shape index (κ3) is 2.35. The summed E-state index contributed by atoms with van der Waals surface area (Å²) in [6.07, 6.45) is 0.822. The standard InChI is InChI=1S/C15H20FN3/c1-5-13-18-14(15(17)19(13)9(2)3)12-7-6-11(16)8-10(12)4/h6-9H,5,17H2,1-4H3. The van der Waals surface area contributed by atoms with Crippen molar-refractivity contribution in [2.75, 3.05) is 5.73 Å². The van der Waals surface area contributed by atoms with Gasteiger partial charge in [0.25, 0.3) is 0 Å². The minimum Gasteiger partial charge on any atom is -0.383 e. The lowest BCUT2D eigenvalue weighted by Gasteiger charge is -2.12. The van der Waals surface area contributed by atoms with Crippen molar-refractivity contribution in [1.82, 2.24) is 9.55 Å². The molecule has 0 bridgehead atoms. The van der Waals surface area contributed by atoms with Gasteiger partial charge in [0.1, 0.15) is 23.2 Å². The van der Waals surface area contributed by atoms with Gasteiger partial charge in [0.15, 0.2) is 0 Å². The number of nitrogens with zero attached hydrogens (tertiary/aromatic N) is 2. The average Bonchev–Trinajstić information content (AvgIpc) is 2.66. The third-order valence-corrected chi connectivity index (χ3v) is 3.30. The van der Waals surface area contributed by atoms with Crippen LogP contribution in [-0.2, 0) is 6.42 Å². The van der Waals surface area contributed by atoms with E-state index in [-0.39, 0.29) is 11.9 Å². The van der Waals surface area contributed by atoms with Crippen molar-refractivity contribution in [2.45, 2.75) is 40.2 Å². The van der Waals surface area contributed by atoms with E-state index < -0.39 is 0 Å². The average molecular weight is 261 g/mol. The van der Waals surface area contributed by atoms with Gasteiger partial charge in [0.2, 0.25) is 0 Å². The van der Waals surface area contributed by atoms with Crippen LogP contribution in [0.25, 0.3) is 11.3 Å². The summed E-state index contributed by atoms with van der Waals surface area (Å²) in [5.41, 5.74) is 8.73. The van der Waals surface area contributed by atoms with Crippen molar-refractivity contribution in [2.24, 2.45) is 0 Å². The van der Waals surface area contributed by atoms with Gasteiger partial charge < -0.3 is 10.3 Å². The van der Waals surface area contributed by atoms with Crippen molar-refractivity contribution >= 4 is 5.82 Å². The highest BCUT2D eigenvalue weighted by molar-refractivity contribution is 5.73. The molecule has 1 aromatic heterocycles. The number of hydrogen-bond donors (Lipinski definition) is 1. The Balaban J connectivity index is 2.63. The fraction of sp³-hybridized carbons (Fsp3) is 0.400. The molecule has 0 atom stereocenters. The molecule has 0 aliphatic rings. The van der Waals surface area contributed by atoms with Gasteiger partial charge in [-0.3, -0.25) is 0 Å². The number of nitrogens with two attached hydrogens (primary N) is 1. The number of benzene rings is 1. The molecular formula is C15H20FN3. The van der Waals surface area contributed by atoms with Gasteiger partial charge in [-0.15, -0.1) is 0 Å². The van der Waals surface area contributed by atoms with Crippen LogP contribution in [0.3, 0.4) is 0 Å². The summed E-state index contributed by atoms with van der Waals surface area (Å²) in [7, 11) is 0. The zero-order valence-electron chi connectivity index (χ0n) is 11.9. The maximum Gasteiger partial charge on any atom is 0.131 e. The Morgan fingerprint density at radius 2 is 2.05 bits per heavy atom. The molecular weight excluding hydrogens is 241 g/mol. The number of hydrogen-bond acceptors (Lipinski definition) is 2. The number of aryl methyl sites for hydroxylation is 2. The zero-order valence-corrected chi connectivity index (χ0v) is 11.9. The second-order valence-electron chi connectivity index (χ2n) is 5.04. The summed E-state index contributed by atoms with van der Waals surface area (Å²) in [6.45, 7) is 8.09. The van der Waals surface area contributed by atoms with Crippen molar-refractivity contribution in [3.05, 3.63) is 35.4 Å². The van der Waals surface area contributed by atoms with E-state index in [1.165, 1.54) is 12.1 Å². The van der Waals surface area contributed by atoms with Gasteiger partial charge in [-0.05, 0) is 44.5 Å². The van der Waals surface area contributed by atoms with Crippen LogP contribution < -0.4 is 5.73 Å². The molecule has 1 heterocycles. The Morgan fingerprint density at radius 1 is 1.37 bits per heavy atom. The van der Waals surface area contributed by atoms with Gasteiger partial charge in [-0.25, -0.2) is 9.37 Å². The lowest BCUT2D eigenvalue weighted by Crippen LogP contribution is -2.09. The summed E-state index contributed by atoms with van der Waals surface area (Å²) >= 11 is 0. The largest absolute Gasteiger partial charge is 0.383 e. The molecule has 0 unspecified atom stereocenters. The number of imidazole rings is 1. The summed E-state index contributed by atoms with van der Waals surface area (Å²) in [6, 6.07) is 4.96. The number of halogens is 1. The highest BCUT2D eigenvalue weighted by Gasteiger charge is 2.18. The first-order valence-electron chi connectivity index (χ1n) is 6.58. The monoisotopic (exact) mass is 261 g/mol. The van der Waals surface area contributed by atoms with E-state index >= 15 is 0 Å². The maximum atomic E-state index is 13.2. The van der Waals surface area contributed by atoms with E-state index in [2.05, 4.69) is 25.8 Å². The van der Waals surface area contributed by atoms with E-state index in [4.69, 9.17) is 5.73 Å². The molecule has 3 nitrogen and oxygen atoms in total. The van der Waals surface area contributed by atoms with Crippen LogP contribution in [0.1, 0.15) is 38.2 Å². The van der Waals surface area contributed by atoms with Crippen LogP contribution in [0, 0.1) is 12.7 Å². The van der Waals surface area contributed by atoms with E-state index in [0.29, 0.717) is 5.82 Å². The number of nitrogen functional groups attached to an aromatic ring is 1. The summed E-state index contributed by atoms with van der Waals surface area (Å²) in [4.78, 5) is 4.63. The molecule has 0 saturated heterocycles. The minimum atomic E-state index is -0.237. The molecule has 0 fully saturated rings. The molecule has 0 spiro atoms. The SMILES string of the molecule is CCc1nc(-c2ccc(F)cc2C)c(N)n1C(C)C. The van der Waals surface area contributed by atoms with Gasteiger partial charge in [-0.2, -0.15) is 0 Å². The Kier molecular flexibility index (Phi) is 3.60. The lowest BCUT2D eigenvalue weighted by atomic mass is 10.1. The number of anilines is 1. The maximum absolute atomic E-state index is 13.2. The van der Waals surface area contributed by atoms with Crippen molar-refractivity contribution < 1.29 is 4.39 Å². The molecule has 0 amide bonds. The van der Waals surface area contributed by atoms with Crippen molar-refractivity contribution in [3.63, 3.8) is 0 Å². The van der Waals surface area contributed by atoms with Crippen molar-refractivity contribution in [1.29, 1.82) is 0 Å². The quantitative estimate of drug-likeness (QED) is 0.915. The Bertz CT molecular complexity index is 600. The molecule has 0 saturated carbocycles. The second kappa shape index (κ2) is 5.03. The van der Waals surface area contributed by atoms with E-state index in [1.54, 1.807) is 6.07 Å². The Morgan fingerprint density at radius 3 is 2.53 bits per heavy atom. The van der Waals surface area contributed by atoms with E-state index in [0.717, 1.165) is 29.1 Å². The molecule has 1 aromatic carbocycles. The zero-order chi connectivity index (χ0) is 14.2. The fourth-order valence-corrected chi connectivity index (χ4v) is 2.41. The summed E-state index contributed by atoms with van der Waals surface area (Å²) < 4.78 is 15.2. The number of aromatic nitrogens is 2. The van der Waals surface area contributed by atoms with Crippen LogP contribution in [0.15, 0.2) is 18.2 Å². The van der Waals surface area contributed by atoms with Crippen LogP contribution >= 0.6 is 0 Å². The molecule has 102 valence electrons. The van der Waals surface area contributed by atoms with Crippen LogP contribution in [0.2, 0.25) is 0 Å². The summed E-state index contributed by atoms with van der Waals surface area (Å²) in [5.74, 6) is 1.38. The molecule has 0 aliphatic heterocycles.